The molecule has 0 rings (SSSR count). The topological polar surface area (TPSA) is 52.3 Å². The fraction of sp³-hybridized carbons (Fsp3) is 0.857. The molecular weight excluding hydrogens is 298 g/mol. The van der Waals surface area contributed by atoms with Crippen LogP contribution in [0.4, 0.5) is 0 Å². The number of unbranched alkanes of at least 4 members (excludes halogenated alkanes) is 11. The standard InChI is InChI=1S/C21H41NO2/c1-4-6-7-8-9-10-11-12-13-14-15-16-18-20(17-5-2)21(23)24-19(3)22/h5,19-20H,2,4,6-18,22H2,1,3H3. The largest absolute Gasteiger partial charge is 0.447 e. The highest BCUT2D eigenvalue weighted by Crippen LogP contribution is 2.18. The lowest BCUT2D eigenvalue weighted by atomic mass is 9.97. The van der Waals surface area contributed by atoms with E-state index in [1.54, 1.807) is 13.0 Å². The van der Waals surface area contributed by atoms with E-state index in [0.29, 0.717) is 6.42 Å². The summed E-state index contributed by atoms with van der Waals surface area (Å²) >= 11 is 0. The second-order valence-corrected chi connectivity index (χ2v) is 7.04. The fourth-order valence-electron chi connectivity index (χ4n) is 3.04. The van der Waals surface area contributed by atoms with Crippen LogP contribution in [0.15, 0.2) is 12.7 Å². The molecule has 0 aliphatic heterocycles. The van der Waals surface area contributed by atoms with E-state index < -0.39 is 6.23 Å². The van der Waals surface area contributed by atoms with E-state index in [1.165, 1.54) is 70.6 Å². The van der Waals surface area contributed by atoms with Crippen molar-refractivity contribution in [2.45, 2.75) is 110 Å². The third-order valence-corrected chi connectivity index (χ3v) is 4.49. The second kappa shape index (κ2) is 17.0. The van der Waals surface area contributed by atoms with E-state index in [4.69, 9.17) is 10.5 Å². The average Bonchev–Trinajstić information content (AvgIpc) is 2.54. The van der Waals surface area contributed by atoms with Gasteiger partial charge in [-0.3, -0.25) is 10.5 Å². The van der Waals surface area contributed by atoms with Crippen LogP contribution in [-0.4, -0.2) is 12.2 Å². The molecule has 0 aliphatic rings. The van der Waals surface area contributed by atoms with E-state index in [2.05, 4.69) is 13.5 Å². The Labute approximate surface area is 150 Å². The number of carbonyl (C=O) groups is 1. The zero-order valence-electron chi connectivity index (χ0n) is 16.2. The molecule has 3 heteroatoms. The minimum atomic E-state index is -0.521. The van der Waals surface area contributed by atoms with Gasteiger partial charge in [0.1, 0.15) is 6.23 Å². The highest BCUT2D eigenvalue weighted by Gasteiger charge is 2.19. The van der Waals surface area contributed by atoms with Crippen molar-refractivity contribution in [3.63, 3.8) is 0 Å². The van der Waals surface area contributed by atoms with Gasteiger partial charge in [-0.05, 0) is 19.8 Å². The Bertz CT molecular complexity index is 302. The monoisotopic (exact) mass is 339 g/mol. The van der Waals surface area contributed by atoms with Gasteiger partial charge in [-0.15, -0.1) is 6.58 Å². The number of carbonyl (C=O) groups excluding carboxylic acids is 1. The molecule has 0 saturated heterocycles. The molecule has 0 aromatic heterocycles. The summed E-state index contributed by atoms with van der Waals surface area (Å²) in [4.78, 5) is 11.9. The first-order valence-electron chi connectivity index (χ1n) is 10.2. The van der Waals surface area contributed by atoms with Gasteiger partial charge in [-0.1, -0.05) is 90.0 Å². The molecule has 3 nitrogen and oxygen atoms in total. The molecule has 0 radical (unpaired) electrons. The molecule has 0 spiro atoms. The maximum absolute atomic E-state index is 11.9. The zero-order valence-corrected chi connectivity index (χ0v) is 16.2. The predicted molar refractivity (Wildman–Crippen MR) is 104 cm³/mol. The Morgan fingerprint density at radius 2 is 1.42 bits per heavy atom. The number of esters is 1. The van der Waals surface area contributed by atoms with Crippen molar-refractivity contribution in [2.75, 3.05) is 0 Å². The van der Waals surface area contributed by atoms with E-state index in [9.17, 15) is 4.79 Å². The van der Waals surface area contributed by atoms with Gasteiger partial charge in [0.2, 0.25) is 0 Å². The second-order valence-electron chi connectivity index (χ2n) is 7.04. The first-order valence-corrected chi connectivity index (χ1v) is 10.2. The van der Waals surface area contributed by atoms with Crippen LogP contribution in [0.2, 0.25) is 0 Å². The van der Waals surface area contributed by atoms with Crippen molar-refractivity contribution in [1.29, 1.82) is 0 Å². The molecular formula is C21H41NO2. The molecule has 0 saturated carbocycles. The smallest absolute Gasteiger partial charge is 0.310 e. The predicted octanol–water partition coefficient (Wildman–Crippen LogP) is 6.12. The number of hydrogen-bond acceptors (Lipinski definition) is 3. The van der Waals surface area contributed by atoms with Crippen LogP contribution in [0.25, 0.3) is 0 Å². The molecule has 0 bridgehead atoms. The molecule has 0 aromatic rings. The third kappa shape index (κ3) is 14.7. The average molecular weight is 340 g/mol. The molecule has 0 heterocycles. The molecule has 2 unspecified atom stereocenters. The van der Waals surface area contributed by atoms with E-state index in [1.807, 2.05) is 0 Å². The number of ether oxygens (including phenoxy) is 1. The summed E-state index contributed by atoms with van der Waals surface area (Å²) in [6, 6.07) is 0. The van der Waals surface area contributed by atoms with Gasteiger partial charge in [0, 0.05) is 0 Å². The molecule has 0 amide bonds. The summed E-state index contributed by atoms with van der Waals surface area (Å²) in [5, 5.41) is 0. The van der Waals surface area contributed by atoms with Crippen molar-refractivity contribution >= 4 is 5.97 Å². The summed E-state index contributed by atoms with van der Waals surface area (Å²) in [6.45, 7) is 7.68. The zero-order chi connectivity index (χ0) is 18.0. The number of allylic oxidation sites excluding steroid dienone is 1. The Hall–Kier alpha value is -0.830. The van der Waals surface area contributed by atoms with Crippen LogP contribution in [0.1, 0.15) is 104 Å². The number of nitrogens with two attached hydrogens (primary N) is 1. The molecule has 2 atom stereocenters. The maximum atomic E-state index is 11.9. The Morgan fingerprint density at radius 3 is 1.83 bits per heavy atom. The third-order valence-electron chi connectivity index (χ3n) is 4.49. The lowest BCUT2D eigenvalue weighted by Gasteiger charge is -2.16. The summed E-state index contributed by atoms with van der Waals surface area (Å²) in [5.41, 5.74) is 5.53. The molecule has 0 aromatic carbocycles. The van der Waals surface area contributed by atoms with Crippen LogP contribution in [0, 0.1) is 5.92 Å². The normalized spacial score (nSPS) is 13.5. The van der Waals surface area contributed by atoms with Gasteiger partial charge in [-0.25, -0.2) is 0 Å². The highest BCUT2D eigenvalue weighted by atomic mass is 16.6. The Morgan fingerprint density at radius 1 is 0.958 bits per heavy atom. The van der Waals surface area contributed by atoms with Crippen molar-refractivity contribution < 1.29 is 9.53 Å². The van der Waals surface area contributed by atoms with Crippen molar-refractivity contribution in [3.05, 3.63) is 12.7 Å². The molecule has 142 valence electrons. The van der Waals surface area contributed by atoms with Gasteiger partial charge >= 0.3 is 5.97 Å². The fourth-order valence-corrected chi connectivity index (χ4v) is 3.04. The van der Waals surface area contributed by atoms with Crippen LogP contribution in [0.5, 0.6) is 0 Å². The molecule has 0 fully saturated rings. The van der Waals surface area contributed by atoms with E-state index in [-0.39, 0.29) is 11.9 Å². The quantitative estimate of drug-likeness (QED) is 0.150. The van der Waals surface area contributed by atoms with Crippen LogP contribution < -0.4 is 5.73 Å². The van der Waals surface area contributed by atoms with E-state index in [0.717, 1.165) is 12.8 Å². The van der Waals surface area contributed by atoms with Crippen LogP contribution in [0.3, 0.4) is 0 Å². The van der Waals surface area contributed by atoms with Gasteiger partial charge in [0.15, 0.2) is 0 Å². The first-order chi connectivity index (χ1) is 11.6. The molecule has 0 aliphatic carbocycles. The minimum Gasteiger partial charge on any atom is -0.447 e. The Kier molecular flexibility index (Phi) is 16.4. The number of hydrogen-bond donors (Lipinski definition) is 1. The first kappa shape index (κ1) is 23.2. The van der Waals surface area contributed by atoms with Gasteiger partial charge in [0.05, 0.1) is 5.92 Å². The molecule has 24 heavy (non-hydrogen) atoms. The number of rotatable bonds is 17. The van der Waals surface area contributed by atoms with Gasteiger partial charge < -0.3 is 4.74 Å². The van der Waals surface area contributed by atoms with Gasteiger partial charge in [0.25, 0.3) is 0 Å². The summed E-state index contributed by atoms with van der Waals surface area (Å²) in [7, 11) is 0. The lowest BCUT2D eigenvalue weighted by molar-refractivity contribution is -0.153. The van der Waals surface area contributed by atoms with E-state index >= 15 is 0 Å². The SMILES string of the molecule is C=CCC(CCCCCCCCCCCCCC)C(=O)OC(C)N. The molecule has 2 N–H and O–H groups in total. The van der Waals surface area contributed by atoms with Crippen molar-refractivity contribution in [3.8, 4) is 0 Å². The Balaban J connectivity index is 3.51. The highest BCUT2D eigenvalue weighted by molar-refractivity contribution is 5.72. The van der Waals surface area contributed by atoms with Crippen LogP contribution >= 0.6 is 0 Å². The maximum Gasteiger partial charge on any atom is 0.310 e. The summed E-state index contributed by atoms with van der Waals surface area (Å²) < 4.78 is 5.11. The summed E-state index contributed by atoms with van der Waals surface area (Å²) in [6.07, 6.45) is 18.8. The van der Waals surface area contributed by atoms with Gasteiger partial charge in [-0.2, -0.15) is 0 Å². The summed E-state index contributed by atoms with van der Waals surface area (Å²) in [5.74, 6) is -0.246. The minimum absolute atomic E-state index is 0.0726. The van der Waals surface area contributed by atoms with Crippen LogP contribution in [-0.2, 0) is 9.53 Å². The van der Waals surface area contributed by atoms with Crippen molar-refractivity contribution in [1.82, 2.24) is 0 Å². The lowest BCUT2D eigenvalue weighted by Crippen LogP contribution is -2.27. The van der Waals surface area contributed by atoms with Crippen molar-refractivity contribution in [2.24, 2.45) is 11.7 Å².